The molecule has 1 aromatic carbocycles. The molecule has 0 aliphatic rings. The Morgan fingerprint density at radius 3 is 2.53 bits per heavy atom. The molecular formula is C14H14O3. The lowest BCUT2D eigenvalue weighted by molar-refractivity contribution is 0.0526. The average Bonchev–Trinajstić information content (AvgIpc) is 2.83. The summed E-state index contributed by atoms with van der Waals surface area (Å²) in [6, 6.07) is 9.36. The Bertz CT molecular complexity index is 469. The van der Waals surface area contributed by atoms with Gasteiger partial charge in [-0.1, -0.05) is 12.1 Å². The van der Waals surface area contributed by atoms with Gasteiger partial charge >= 0.3 is 5.97 Å². The van der Waals surface area contributed by atoms with Gasteiger partial charge < -0.3 is 9.15 Å². The second kappa shape index (κ2) is 5.34. The zero-order valence-electron chi connectivity index (χ0n) is 9.68. The molecule has 3 nitrogen and oxygen atoms in total. The molecule has 0 amide bonds. The van der Waals surface area contributed by atoms with E-state index in [9.17, 15) is 4.79 Å². The Kier molecular flexibility index (Phi) is 3.60. The maximum absolute atomic E-state index is 11.4. The molecule has 88 valence electrons. The molecule has 0 spiro atoms. The van der Waals surface area contributed by atoms with Crippen LogP contribution in [0.15, 0.2) is 47.3 Å². The number of ether oxygens (including phenoxy) is 1. The van der Waals surface area contributed by atoms with E-state index in [1.807, 2.05) is 18.2 Å². The van der Waals surface area contributed by atoms with E-state index < -0.39 is 0 Å². The van der Waals surface area contributed by atoms with Gasteiger partial charge in [-0.15, -0.1) is 0 Å². The topological polar surface area (TPSA) is 39.4 Å². The van der Waals surface area contributed by atoms with E-state index in [-0.39, 0.29) is 5.97 Å². The number of hydrogen-bond donors (Lipinski definition) is 0. The van der Waals surface area contributed by atoms with Crippen molar-refractivity contribution in [2.45, 2.75) is 13.3 Å². The number of hydrogen-bond acceptors (Lipinski definition) is 3. The normalized spacial score (nSPS) is 10.2. The number of rotatable bonds is 4. The summed E-state index contributed by atoms with van der Waals surface area (Å²) in [5.74, 6) is -0.276. The molecule has 0 fully saturated rings. The molecule has 2 rings (SSSR count). The Morgan fingerprint density at radius 1 is 1.18 bits per heavy atom. The van der Waals surface area contributed by atoms with Crippen molar-refractivity contribution in [3.63, 3.8) is 0 Å². The minimum Gasteiger partial charge on any atom is -0.472 e. The van der Waals surface area contributed by atoms with Gasteiger partial charge in [0.1, 0.15) is 0 Å². The first-order valence-electron chi connectivity index (χ1n) is 5.56. The van der Waals surface area contributed by atoms with Crippen molar-refractivity contribution in [1.82, 2.24) is 0 Å². The molecule has 0 bridgehead atoms. The van der Waals surface area contributed by atoms with Crippen LogP contribution in [0.5, 0.6) is 0 Å². The van der Waals surface area contributed by atoms with Crippen molar-refractivity contribution in [3.8, 4) is 0 Å². The third-order valence-corrected chi connectivity index (χ3v) is 2.45. The van der Waals surface area contributed by atoms with Crippen LogP contribution in [0.3, 0.4) is 0 Å². The number of esters is 1. The van der Waals surface area contributed by atoms with E-state index in [1.54, 1.807) is 31.6 Å². The van der Waals surface area contributed by atoms with Crippen LogP contribution < -0.4 is 0 Å². The molecule has 3 heteroatoms. The van der Waals surface area contributed by atoms with Gasteiger partial charge in [-0.2, -0.15) is 0 Å². The van der Waals surface area contributed by atoms with Gasteiger partial charge in [0.2, 0.25) is 0 Å². The Morgan fingerprint density at radius 2 is 1.94 bits per heavy atom. The largest absolute Gasteiger partial charge is 0.472 e. The Labute approximate surface area is 100 Å². The van der Waals surface area contributed by atoms with Crippen molar-refractivity contribution in [2.24, 2.45) is 0 Å². The monoisotopic (exact) mass is 230 g/mol. The third kappa shape index (κ3) is 2.97. The summed E-state index contributed by atoms with van der Waals surface area (Å²) < 4.78 is 9.93. The van der Waals surface area contributed by atoms with E-state index in [0.29, 0.717) is 12.2 Å². The second-order valence-electron chi connectivity index (χ2n) is 3.73. The lowest BCUT2D eigenvalue weighted by Gasteiger charge is -2.03. The molecule has 0 N–H and O–H groups in total. The minimum absolute atomic E-state index is 0.276. The predicted octanol–water partition coefficient (Wildman–Crippen LogP) is 3.05. The zero-order chi connectivity index (χ0) is 12.1. The molecule has 0 atom stereocenters. The van der Waals surface area contributed by atoms with Crippen molar-refractivity contribution in [2.75, 3.05) is 6.61 Å². The summed E-state index contributed by atoms with van der Waals surface area (Å²) in [4.78, 5) is 11.4. The summed E-state index contributed by atoms with van der Waals surface area (Å²) in [7, 11) is 0. The number of carbonyl (C=O) groups is 1. The molecule has 1 aromatic heterocycles. The van der Waals surface area contributed by atoms with Crippen LogP contribution >= 0.6 is 0 Å². The van der Waals surface area contributed by atoms with Crippen LogP contribution in [-0.4, -0.2) is 12.6 Å². The summed E-state index contributed by atoms with van der Waals surface area (Å²) in [5, 5.41) is 0. The average molecular weight is 230 g/mol. The van der Waals surface area contributed by atoms with Gasteiger partial charge in [-0.25, -0.2) is 4.79 Å². The molecule has 0 radical (unpaired) electrons. The molecule has 2 aromatic rings. The van der Waals surface area contributed by atoms with Gasteiger partial charge in [-0.05, 0) is 36.2 Å². The molecule has 0 saturated heterocycles. The van der Waals surface area contributed by atoms with Gasteiger partial charge in [0.15, 0.2) is 0 Å². The van der Waals surface area contributed by atoms with Crippen LogP contribution in [0, 0.1) is 0 Å². The molecule has 0 unspecified atom stereocenters. The van der Waals surface area contributed by atoms with Gasteiger partial charge in [0, 0.05) is 6.42 Å². The molecule has 0 aliphatic heterocycles. The van der Waals surface area contributed by atoms with E-state index in [1.165, 1.54) is 0 Å². The minimum atomic E-state index is -0.276. The molecule has 0 saturated carbocycles. The lowest BCUT2D eigenvalue weighted by Crippen LogP contribution is -2.04. The van der Waals surface area contributed by atoms with Crippen LogP contribution in [0.25, 0.3) is 0 Å². The quantitative estimate of drug-likeness (QED) is 0.758. The van der Waals surface area contributed by atoms with E-state index in [0.717, 1.165) is 17.5 Å². The van der Waals surface area contributed by atoms with Crippen LogP contribution in [0.1, 0.15) is 28.4 Å². The number of benzene rings is 1. The third-order valence-electron chi connectivity index (χ3n) is 2.45. The standard InChI is InChI=1S/C14H14O3/c1-2-17-14(15)13-5-3-11(4-6-13)9-12-7-8-16-10-12/h3-8,10H,2,9H2,1H3. The SMILES string of the molecule is CCOC(=O)c1ccc(Cc2ccoc2)cc1. The summed E-state index contributed by atoms with van der Waals surface area (Å²) in [6.45, 7) is 2.20. The van der Waals surface area contributed by atoms with E-state index in [2.05, 4.69) is 0 Å². The highest BCUT2D eigenvalue weighted by Gasteiger charge is 2.05. The highest BCUT2D eigenvalue weighted by atomic mass is 16.5. The first kappa shape index (κ1) is 11.5. The Balaban J connectivity index is 2.05. The summed E-state index contributed by atoms with van der Waals surface area (Å²) in [5.41, 5.74) is 2.84. The highest BCUT2D eigenvalue weighted by Crippen LogP contribution is 2.11. The van der Waals surface area contributed by atoms with Crippen molar-refractivity contribution in [3.05, 3.63) is 59.5 Å². The first-order valence-corrected chi connectivity index (χ1v) is 5.56. The predicted molar refractivity (Wildman–Crippen MR) is 63.9 cm³/mol. The van der Waals surface area contributed by atoms with Crippen molar-refractivity contribution in [1.29, 1.82) is 0 Å². The lowest BCUT2D eigenvalue weighted by atomic mass is 10.1. The Hall–Kier alpha value is -2.03. The maximum atomic E-state index is 11.4. The molecule has 0 aliphatic carbocycles. The van der Waals surface area contributed by atoms with E-state index >= 15 is 0 Å². The second-order valence-corrected chi connectivity index (χ2v) is 3.73. The maximum Gasteiger partial charge on any atom is 0.338 e. The van der Waals surface area contributed by atoms with E-state index in [4.69, 9.17) is 9.15 Å². The fourth-order valence-electron chi connectivity index (χ4n) is 1.60. The molecule has 17 heavy (non-hydrogen) atoms. The fourth-order valence-corrected chi connectivity index (χ4v) is 1.60. The number of carbonyl (C=O) groups excluding carboxylic acids is 1. The van der Waals surface area contributed by atoms with Crippen molar-refractivity contribution >= 4 is 5.97 Å². The number of furan rings is 1. The highest BCUT2D eigenvalue weighted by molar-refractivity contribution is 5.89. The van der Waals surface area contributed by atoms with Crippen LogP contribution in [-0.2, 0) is 11.2 Å². The zero-order valence-corrected chi connectivity index (χ0v) is 9.68. The first-order chi connectivity index (χ1) is 8.29. The summed E-state index contributed by atoms with van der Waals surface area (Å²) >= 11 is 0. The smallest absolute Gasteiger partial charge is 0.338 e. The molecular weight excluding hydrogens is 216 g/mol. The van der Waals surface area contributed by atoms with Gasteiger partial charge in [0.05, 0.1) is 24.7 Å². The van der Waals surface area contributed by atoms with Crippen molar-refractivity contribution < 1.29 is 13.9 Å². The van der Waals surface area contributed by atoms with Gasteiger partial charge in [0.25, 0.3) is 0 Å². The fraction of sp³-hybridized carbons (Fsp3) is 0.214. The van der Waals surface area contributed by atoms with Gasteiger partial charge in [-0.3, -0.25) is 0 Å². The van der Waals surface area contributed by atoms with Crippen LogP contribution in [0.2, 0.25) is 0 Å². The molecule has 1 heterocycles. The summed E-state index contributed by atoms with van der Waals surface area (Å²) in [6.07, 6.45) is 4.18. The van der Waals surface area contributed by atoms with Crippen LogP contribution in [0.4, 0.5) is 0 Å².